The fourth-order valence-electron chi connectivity index (χ4n) is 1.10. The summed E-state index contributed by atoms with van der Waals surface area (Å²) in [4.78, 5) is 10.9. The number of nitriles is 1. The zero-order chi connectivity index (χ0) is 12.5. The van der Waals surface area contributed by atoms with Crippen molar-refractivity contribution in [2.45, 2.75) is 6.92 Å². The summed E-state index contributed by atoms with van der Waals surface area (Å²) in [5.74, 6) is 0.272. The molecule has 0 fully saturated rings. The van der Waals surface area contributed by atoms with E-state index in [1.165, 1.54) is 6.08 Å². The van der Waals surface area contributed by atoms with Gasteiger partial charge in [-0.2, -0.15) is 5.26 Å². The van der Waals surface area contributed by atoms with E-state index in [0.717, 1.165) is 0 Å². The second-order valence-corrected chi connectivity index (χ2v) is 3.10. The maximum absolute atomic E-state index is 10.9. The number of carbonyl (C=O) groups excluding carboxylic acids is 1. The number of nitrogens with zero attached hydrogens (tertiary/aromatic N) is 1. The summed E-state index contributed by atoms with van der Waals surface area (Å²) in [6.07, 6.45) is 2.91. The smallest absolute Gasteiger partial charge is 0.330 e. The van der Waals surface area contributed by atoms with Crippen LogP contribution in [0.3, 0.4) is 0 Å². The first-order valence-corrected chi connectivity index (χ1v) is 5.22. The van der Waals surface area contributed by atoms with Crippen molar-refractivity contribution in [3.8, 4) is 11.8 Å². The predicted molar refractivity (Wildman–Crippen MR) is 62.4 cm³/mol. The summed E-state index contributed by atoms with van der Waals surface area (Å²) in [5.41, 5.74) is 0.583. The Morgan fingerprint density at radius 3 is 2.71 bits per heavy atom. The van der Waals surface area contributed by atoms with E-state index in [2.05, 4.69) is 0 Å². The van der Waals surface area contributed by atoms with E-state index in [1.54, 1.807) is 37.3 Å². The predicted octanol–water partition coefficient (Wildman–Crippen LogP) is 2.06. The van der Waals surface area contributed by atoms with Crippen LogP contribution in [-0.2, 0) is 9.53 Å². The maximum atomic E-state index is 10.9. The summed E-state index contributed by atoms with van der Waals surface area (Å²) < 4.78 is 10.0. The van der Waals surface area contributed by atoms with Crippen LogP contribution < -0.4 is 4.74 Å². The van der Waals surface area contributed by atoms with Crippen LogP contribution >= 0.6 is 0 Å². The fraction of sp³-hybridized carbons (Fsp3) is 0.231. The highest BCUT2D eigenvalue weighted by molar-refractivity contribution is 5.81. The lowest BCUT2D eigenvalue weighted by Gasteiger charge is -2.02. The molecule has 0 aliphatic carbocycles. The van der Waals surface area contributed by atoms with Crippen LogP contribution in [0.2, 0.25) is 0 Å². The van der Waals surface area contributed by atoms with Crippen molar-refractivity contribution in [1.29, 1.82) is 5.26 Å². The van der Waals surface area contributed by atoms with Gasteiger partial charge in [0.05, 0.1) is 18.2 Å². The van der Waals surface area contributed by atoms with E-state index in [4.69, 9.17) is 14.7 Å². The van der Waals surface area contributed by atoms with Crippen LogP contribution in [0.1, 0.15) is 12.5 Å². The maximum Gasteiger partial charge on any atom is 0.330 e. The Kier molecular flexibility index (Phi) is 5.32. The Bertz CT molecular complexity index is 429. The van der Waals surface area contributed by atoms with Crippen LogP contribution in [-0.4, -0.2) is 19.2 Å². The number of ether oxygens (including phenoxy) is 2. The molecule has 1 aromatic carbocycles. The van der Waals surface area contributed by atoms with Crippen LogP contribution in [0, 0.1) is 11.3 Å². The van der Waals surface area contributed by atoms with Gasteiger partial charge in [0.1, 0.15) is 12.4 Å². The van der Waals surface area contributed by atoms with Gasteiger partial charge in [0.15, 0.2) is 0 Å². The molecule has 1 aromatic rings. The first-order chi connectivity index (χ1) is 8.26. The molecule has 0 heterocycles. The van der Waals surface area contributed by atoms with Gasteiger partial charge in [-0.05, 0) is 37.3 Å². The molecule has 0 saturated heterocycles. The zero-order valence-electron chi connectivity index (χ0n) is 9.55. The Morgan fingerprint density at radius 2 is 2.12 bits per heavy atom. The summed E-state index contributed by atoms with van der Waals surface area (Å²) in [7, 11) is 0. The standard InChI is InChI=1S/C13H13NO3/c1-2-16-13(15)4-3-9-17-12-7-5-11(10-14)6-8-12/h3-8H,2,9H2,1H3/b4-3+. The van der Waals surface area contributed by atoms with Gasteiger partial charge in [-0.3, -0.25) is 0 Å². The molecule has 0 radical (unpaired) electrons. The number of hydrogen-bond donors (Lipinski definition) is 0. The van der Waals surface area contributed by atoms with Crippen molar-refractivity contribution in [3.05, 3.63) is 42.0 Å². The molecule has 4 nitrogen and oxygen atoms in total. The fourth-order valence-corrected chi connectivity index (χ4v) is 1.10. The van der Waals surface area contributed by atoms with Crippen molar-refractivity contribution in [3.63, 3.8) is 0 Å². The van der Waals surface area contributed by atoms with E-state index in [1.807, 2.05) is 6.07 Å². The molecule has 4 heteroatoms. The molecule has 88 valence electrons. The number of benzene rings is 1. The molecule has 0 amide bonds. The van der Waals surface area contributed by atoms with Gasteiger partial charge in [-0.25, -0.2) is 4.79 Å². The molecule has 0 N–H and O–H groups in total. The van der Waals surface area contributed by atoms with Gasteiger partial charge in [0, 0.05) is 6.08 Å². The minimum Gasteiger partial charge on any atom is -0.490 e. The SMILES string of the molecule is CCOC(=O)/C=C/COc1ccc(C#N)cc1. The lowest BCUT2D eigenvalue weighted by Crippen LogP contribution is -2.00. The summed E-state index contributed by atoms with van der Waals surface area (Å²) in [6, 6.07) is 8.77. The van der Waals surface area contributed by atoms with Crippen molar-refractivity contribution < 1.29 is 14.3 Å². The lowest BCUT2D eigenvalue weighted by atomic mass is 10.2. The number of esters is 1. The van der Waals surface area contributed by atoms with Crippen molar-refractivity contribution in [2.24, 2.45) is 0 Å². The zero-order valence-corrected chi connectivity index (χ0v) is 9.55. The van der Waals surface area contributed by atoms with Gasteiger partial charge in [-0.1, -0.05) is 0 Å². The monoisotopic (exact) mass is 231 g/mol. The molecule has 0 spiro atoms. The van der Waals surface area contributed by atoms with E-state index in [-0.39, 0.29) is 12.6 Å². The van der Waals surface area contributed by atoms with Crippen LogP contribution in [0.4, 0.5) is 0 Å². The summed E-state index contributed by atoms with van der Waals surface area (Å²) in [5, 5.41) is 8.60. The molecule has 0 aliphatic rings. The topological polar surface area (TPSA) is 59.3 Å². The largest absolute Gasteiger partial charge is 0.490 e. The highest BCUT2D eigenvalue weighted by Gasteiger charge is 1.94. The second-order valence-electron chi connectivity index (χ2n) is 3.10. The molecule has 0 aliphatic heterocycles. The van der Waals surface area contributed by atoms with E-state index >= 15 is 0 Å². The molecule has 17 heavy (non-hydrogen) atoms. The summed E-state index contributed by atoms with van der Waals surface area (Å²) >= 11 is 0. The van der Waals surface area contributed by atoms with Gasteiger partial charge in [0.2, 0.25) is 0 Å². The average Bonchev–Trinajstić information content (AvgIpc) is 2.36. The highest BCUT2D eigenvalue weighted by Crippen LogP contribution is 2.11. The number of hydrogen-bond acceptors (Lipinski definition) is 4. The molecular weight excluding hydrogens is 218 g/mol. The summed E-state index contributed by atoms with van der Waals surface area (Å²) in [6.45, 7) is 2.39. The Morgan fingerprint density at radius 1 is 1.41 bits per heavy atom. The van der Waals surface area contributed by atoms with Crippen LogP contribution in [0.25, 0.3) is 0 Å². The molecule has 0 bridgehead atoms. The molecule has 0 atom stereocenters. The van der Waals surface area contributed by atoms with E-state index in [9.17, 15) is 4.79 Å². The first kappa shape index (κ1) is 12.8. The third kappa shape index (κ3) is 4.85. The second kappa shape index (κ2) is 7.07. The Labute approximate surface area is 100 Å². The number of rotatable bonds is 5. The van der Waals surface area contributed by atoms with Crippen molar-refractivity contribution in [1.82, 2.24) is 0 Å². The van der Waals surface area contributed by atoms with Crippen LogP contribution in [0.15, 0.2) is 36.4 Å². The Hall–Kier alpha value is -2.28. The average molecular weight is 231 g/mol. The molecule has 0 aromatic heterocycles. The minimum atomic E-state index is -0.379. The molecule has 0 saturated carbocycles. The lowest BCUT2D eigenvalue weighted by molar-refractivity contribution is -0.137. The Balaban J connectivity index is 2.36. The number of carbonyl (C=O) groups is 1. The third-order valence-electron chi connectivity index (χ3n) is 1.87. The van der Waals surface area contributed by atoms with Gasteiger partial charge >= 0.3 is 5.97 Å². The van der Waals surface area contributed by atoms with E-state index in [0.29, 0.717) is 17.9 Å². The molecule has 0 unspecified atom stereocenters. The van der Waals surface area contributed by atoms with Crippen molar-refractivity contribution in [2.75, 3.05) is 13.2 Å². The van der Waals surface area contributed by atoms with E-state index < -0.39 is 0 Å². The van der Waals surface area contributed by atoms with Gasteiger partial charge < -0.3 is 9.47 Å². The van der Waals surface area contributed by atoms with Crippen LogP contribution in [0.5, 0.6) is 5.75 Å². The normalized spacial score (nSPS) is 9.88. The van der Waals surface area contributed by atoms with Gasteiger partial charge in [0.25, 0.3) is 0 Å². The molecular formula is C13H13NO3. The minimum absolute atomic E-state index is 0.282. The molecule has 1 rings (SSSR count). The highest BCUT2D eigenvalue weighted by atomic mass is 16.5. The van der Waals surface area contributed by atoms with Gasteiger partial charge in [-0.15, -0.1) is 0 Å². The quantitative estimate of drug-likeness (QED) is 0.575. The first-order valence-electron chi connectivity index (χ1n) is 5.22. The third-order valence-corrected chi connectivity index (χ3v) is 1.87. The van der Waals surface area contributed by atoms with Crippen molar-refractivity contribution >= 4 is 5.97 Å².